The Balaban J connectivity index is 2.26. The van der Waals surface area contributed by atoms with Crippen LogP contribution in [0.4, 0.5) is 0 Å². The first-order chi connectivity index (χ1) is 8.75. The summed E-state index contributed by atoms with van der Waals surface area (Å²) in [7, 11) is -6.57. The summed E-state index contributed by atoms with van der Waals surface area (Å²) in [5.74, 6) is -0.0877. The summed E-state index contributed by atoms with van der Waals surface area (Å²) in [6.07, 6.45) is 3.00. The first-order valence-corrected chi connectivity index (χ1v) is 9.47. The molecule has 0 aromatic carbocycles. The largest absolute Gasteiger partial charge is 0.281 e. The predicted octanol–water partition coefficient (Wildman–Crippen LogP) is -0.0478. The maximum absolute atomic E-state index is 11.8. The first-order valence-electron chi connectivity index (χ1n) is 5.97. The summed E-state index contributed by atoms with van der Waals surface area (Å²) in [5.41, 5.74) is 0.510. The van der Waals surface area contributed by atoms with Crippen molar-refractivity contribution in [3.63, 3.8) is 0 Å². The van der Waals surface area contributed by atoms with Crippen molar-refractivity contribution in [2.75, 3.05) is 25.1 Å². The normalized spacial score (nSPS) is 21.9. The molecular weight excluding hydrogens is 290 g/mol. The minimum atomic E-state index is -3.35. The van der Waals surface area contributed by atoms with Crippen LogP contribution in [0.25, 0.3) is 0 Å². The zero-order valence-corrected chi connectivity index (χ0v) is 12.5. The number of sulfonamides is 1. The van der Waals surface area contributed by atoms with Gasteiger partial charge in [0.15, 0.2) is 9.84 Å². The zero-order valence-electron chi connectivity index (χ0n) is 10.8. The van der Waals surface area contributed by atoms with E-state index in [1.165, 1.54) is 10.5 Å². The highest BCUT2D eigenvalue weighted by molar-refractivity contribution is 7.90. The molecule has 0 bridgehead atoms. The molecule has 1 aromatic heterocycles. The fourth-order valence-corrected chi connectivity index (χ4v) is 4.28. The van der Waals surface area contributed by atoms with Crippen LogP contribution in [-0.4, -0.2) is 56.4 Å². The maximum atomic E-state index is 11.8. The van der Waals surface area contributed by atoms with Crippen LogP contribution in [0.5, 0.6) is 0 Å². The van der Waals surface area contributed by atoms with Crippen molar-refractivity contribution in [2.24, 2.45) is 0 Å². The lowest BCUT2D eigenvalue weighted by Crippen LogP contribution is -2.30. The Morgan fingerprint density at radius 1 is 1.42 bits per heavy atom. The van der Waals surface area contributed by atoms with Crippen LogP contribution in [0.15, 0.2) is 11.1 Å². The average Bonchev–Trinajstić information content (AvgIpc) is 2.96. The van der Waals surface area contributed by atoms with Crippen LogP contribution in [0.3, 0.4) is 0 Å². The van der Waals surface area contributed by atoms with E-state index >= 15 is 0 Å². The molecule has 0 radical (unpaired) electrons. The van der Waals surface area contributed by atoms with Crippen molar-refractivity contribution in [3.05, 3.63) is 11.9 Å². The Kier molecular flexibility index (Phi) is 3.72. The highest BCUT2D eigenvalue weighted by Crippen LogP contribution is 2.31. The lowest BCUT2D eigenvalue weighted by Gasteiger charge is -2.15. The van der Waals surface area contributed by atoms with E-state index in [-0.39, 0.29) is 16.6 Å². The van der Waals surface area contributed by atoms with Crippen LogP contribution in [0.2, 0.25) is 0 Å². The van der Waals surface area contributed by atoms with Gasteiger partial charge in [-0.25, -0.2) is 21.1 Å². The van der Waals surface area contributed by atoms with Crippen LogP contribution in [0, 0.1) is 0 Å². The van der Waals surface area contributed by atoms with Gasteiger partial charge < -0.3 is 0 Å². The lowest BCUT2D eigenvalue weighted by atomic mass is 10.1. The molecule has 0 amide bonds. The molecule has 0 unspecified atom stereocenters. The van der Waals surface area contributed by atoms with Crippen molar-refractivity contribution in [1.82, 2.24) is 14.5 Å². The van der Waals surface area contributed by atoms with Gasteiger partial charge in [0.1, 0.15) is 4.90 Å². The Morgan fingerprint density at radius 3 is 2.68 bits per heavy atom. The van der Waals surface area contributed by atoms with Crippen molar-refractivity contribution in [3.8, 4) is 0 Å². The number of nitrogens with zero attached hydrogens (tertiary/aromatic N) is 2. The summed E-state index contributed by atoms with van der Waals surface area (Å²) >= 11 is 0. The van der Waals surface area contributed by atoms with E-state index in [0.717, 1.165) is 6.26 Å². The second kappa shape index (κ2) is 4.88. The fraction of sp³-hybridized carbons (Fsp3) is 0.700. The highest BCUT2D eigenvalue weighted by atomic mass is 32.2. The molecule has 1 fully saturated rings. The second-order valence-corrected chi connectivity index (χ2v) is 8.91. The molecule has 1 aromatic rings. The molecule has 2 heterocycles. The van der Waals surface area contributed by atoms with E-state index in [1.807, 2.05) is 0 Å². The third kappa shape index (κ3) is 2.82. The zero-order chi connectivity index (χ0) is 14.3. The molecular formula is C10H17N3O4S2. The number of sulfone groups is 1. The molecule has 1 aliphatic rings. The van der Waals surface area contributed by atoms with Crippen LogP contribution in [0.1, 0.15) is 25.0 Å². The number of hydrogen-bond acceptors (Lipinski definition) is 5. The highest BCUT2D eigenvalue weighted by Gasteiger charge is 2.34. The predicted molar refractivity (Wildman–Crippen MR) is 70.1 cm³/mol. The Hall–Kier alpha value is -0.930. The number of rotatable bonds is 4. The topological polar surface area (TPSA) is 100 Å². The number of aromatic amines is 1. The Labute approximate surface area is 113 Å². The summed E-state index contributed by atoms with van der Waals surface area (Å²) in [5, 5.41) is 6.46. The second-order valence-electron chi connectivity index (χ2n) is 4.66. The molecule has 1 aliphatic heterocycles. The number of hydrogen-bond donors (Lipinski definition) is 1. The quantitative estimate of drug-likeness (QED) is 0.840. The molecule has 19 heavy (non-hydrogen) atoms. The summed E-state index contributed by atoms with van der Waals surface area (Å²) in [6, 6.07) is 0. The molecule has 0 spiro atoms. The lowest BCUT2D eigenvalue weighted by molar-refractivity contribution is 0.472. The third-order valence-corrected chi connectivity index (χ3v) is 6.32. The molecule has 9 heteroatoms. The minimum Gasteiger partial charge on any atom is -0.281 e. The standard InChI is InChI=1S/C10H17N3O4S2/c1-3-19(16,17)13-5-4-8(7-13)10-9(6-11-12-10)18(2,14)15/h6,8H,3-5,7H2,1-2H3,(H,11,12)/t8-/m0/s1. The Bertz CT molecular complexity index is 663. The summed E-state index contributed by atoms with van der Waals surface area (Å²) in [6.45, 7) is 2.32. The third-order valence-electron chi connectivity index (χ3n) is 3.35. The molecule has 1 atom stereocenters. The maximum Gasteiger partial charge on any atom is 0.213 e. The molecule has 7 nitrogen and oxygen atoms in total. The summed E-state index contributed by atoms with van der Waals surface area (Å²) < 4.78 is 48.2. The molecule has 1 N–H and O–H groups in total. The van der Waals surface area contributed by atoms with E-state index in [2.05, 4.69) is 10.2 Å². The molecule has 1 saturated heterocycles. The number of nitrogens with one attached hydrogen (secondary N) is 1. The molecule has 0 saturated carbocycles. The molecule has 108 valence electrons. The van der Waals surface area contributed by atoms with E-state index in [4.69, 9.17) is 0 Å². The van der Waals surface area contributed by atoms with Crippen molar-refractivity contribution in [2.45, 2.75) is 24.2 Å². The van der Waals surface area contributed by atoms with Crippen LogP contribution in [-0.2, 0) is 19.9 Å². The SMILES string of the molecule is CCS(=O)(=O)N1CC[C@H](c2[nH]ncc2S(C)(=O)=O)C1. The van der Waals surface area contributed by atoms with Gasteiger partial charge in [-0.15, -0.1) is 0 Å². The van der Waals surface area contributed by atoms with E-state index < -0.39 is 19.9 Å². The van der Waals surface area contributed by atoms with Gasteiger partial charge in [-0.05, 0) is 13.3 Å². The summed E-state index contributed by atoms with van der Waals surface area (Å²) in [4.78, 5) is 0.160. The van der Waals surface area contributed by atoms with Crippen molar-refractivity contribution < 1.29 is 16.8 Å². The number of aromatic nitrogens is 2. The van der Waals surface area contributed by atoms with Gasteiger partial charge in [-0.3, -0.25) is 5.10 Å². The van der Waals surface area contributed by atoms with E-state index in [0.29, 0.717) is 25.2 Å². The Morgan fingerprint density at radius 2 is 2.11 bits per heavy atom. The van der Waals surface area contributed by atoms with Gasteiger partial charge in [0.05, 0.1) is 17.6 Å². The first kappa shape index (κ1) is 14.5. The van der Waals surface area contributed by atoms with Gasteiger partial charge in [0.25, 0.3) is 0 Å². The van der Waals surface area contributed by atoms with E-state index in [9.17, 15) is 16.8 Å². The average molecular weight is 307 g/mol. The smallest absolute Gasteiger partial charge is 0.213 e. The van der Waals surface area contributed by atoms with Gasteiger partial charge in [-0.1, -0.05) is 0 Å². The van der Waals surface area contributed by atoms with Crippen molar-refractivity contribution >= 4 is 19.9 Å². The fourth-order valence-electron chi connectivity index (χ4n) is 2.27. The van der Waals surface area contributed by atoms with E-state index in [1.54, 1.807) is 6.92 Å². The van der Waals surface area contributed by atoms with Crippen molar-refractivity contribution in [1.29, 1.82) is 0 Å². The van der Waals surface area contributed by atoms with Crippen LogP contribution >= 0.6 is 0 Å². The van der Waals surface area contributed by atoms with Gasteiger partial charge in [0.2, 0.25) is 10.0 Å². The van der Waals surface area contributed by atoms with Gasteiger partial charge in [0, 0.05) is 25.3 Å². The van der Waals surface area contributed by atoms with Gasteiger partial charge in [-0.2, -0.15) is 5.10 Å². The number of H-pyrrole nitrogens is 1. The monoisotopic (exact) mass is 307 g/mol. The van der Waals surface area contributed by atoms with Crippen LogP contribution < -0.4 is 0 Å². The molecule has 2 rings (SSSR count). The van der Waals surface area contributed by atoms with Gasteiger partial charge >= 0.3 is 0 Å². The molecule has 0 aliphatic carbocycles. The minimum absolute atomic E-state index is 0.0572.